The number of piperazine rings is 1. The lowest BCUT2D eigenvalue weighted by Crippen LogP contribution is -2.56. The smallest absolute Gasteiger partial charge is 0.321 e. The molecule has 1 aliphatic rings. The molecular formula is C18H20ClN3O3S. The first kappa shape index (κ1) is 18.7. The van der Waals surface area contributed by atoms with Crippen LogP contribution in [0.1, 0.15) is 6.92 Å². The lowest BCUT2D eigenvalue weighted by molar-refractivity contribution is 0.157. The topological polar surface area (TPSA) is 69.7 Å². The maximum absolute atomic E-state index is 12.8. The predicted octanol–water partition coefficient (Wildman–Crippen LogP) is 3.27. The number of sulfonamides is 1. The van der Waals surface area contributed by atoms with Crippen molar-refractivity contribution in [3.63, 3.8) is 0 Å². The van der Waals surface area contributed by atoms with E-state index in [2.05, 4.69) is 5.32 Å². The van der Waals surface area contributed by atoms with Gasteiger partial charge in [-0.3, -0.25) is 0 Å². The summed E-state index contributed by atoms with van der Waals surface area (Å²) in [6.45, 7) is 2.70. The van der Waals surface area contributed by atoms with E-state index in [9.17, 15) is 13.2 Å². The van der Waals surface area contributed by atoms with E-state index in [-0.39, 0.29) is 23.5 Å². The van der Waals surface area contributed by atoms with Gasteiger partial charge >= 0.3 is 6.03 Å². The Morgan fingerprint density at radius 1 is 1.08 bits per heavy atom. The SMILES string of the molecule is CC1CN(C(=O)Nc2ccccc2)CCN1S(=O)(=O)c1ccc(Cl)cc1. The Kier molecular flexibility index (Phi) is 5.50. The van der Waals surface area contributed by atoms with Gasteiger partial charge in [0.25, 0.3) is 0 Å². The third-order valence-corrected chi connectivity index (χ3v) is 6.58. The van der Waals surface area contributed by atoms with Crippen LogP contribution in [0, 0.1) is 0 Å². The highest BCUT2D eigenvalue weighted by atomic mass is 35.5. The molecule has 1 saturated heterocycles. The normalized spacial score (nSPS) is 18.5. The Labute approximate surface area is 158 Å². The fraction of sp³-hybridized carbons (Fsp3) is 0.278. The molecule has 0 saturated carbocycles. The number of nitrogens with one attached hydrogen (secondary N) is 1. The highest BCUT2D eigenvalue weighted by Crippen LogP contribution is 2.23. The van der Waals surface area contributed by atoms with E-state index in [1.165, 1.54) is 16.4 Å². The number of anilines is 1. The number of nitrogens with zero attached hydrogens (tertiary/aromatic N) is 2. The largest absolute Gasteiger partial charge is 0.322 e. The minimum absolute atomic E-state index is 0.205. The van der Waals surface area contributed by atoms with Crippen LogP contribution in [0.5, 0.6) is 0 Å². The quantitative estimate of drug-likeness (QED) is 0.870. The van der Waals surface area contributed by atoms with Gasteiger partial charge in [-0.05, 0) is 43.3 Å². The van der Waals surface area contributed by atoms with Crippen molar-refractivity contribution in [1.82, 2.24) is 9.21 Å². The van der Waals surface area contributed by atoms with Crippen LogP contribution in [0.3, 0.4) is 0 Å². The van der Waals surface area contributed by atoms with Crippen LogP contribution in [0.2, 0.25) is 5.02 Å². The average molecular weight is 394 g/mol. The molecule has 26 heavy (non-hydrogen) atoms. The highest BCUT2D eigenvalue weighted by molar-refractivity contribution is 7.89. The van der Waals surface area contributed by atoms with E-state index in [1.807, 2.05) is 30.3 Å². The monoisotopic (exact) mass is 393 g/mol. The van der Waals surface area contributed by atoms with Gasteiger partial charge in [-0.2, -0.15) is 4.31 Å². The molecule has 1 N–H and O–H groups in total. The Morgan fingerprint density at radius 3 is 2.35 bits per heavy atom. The van der Waals surface area contributed by atoms with Gasteiger partial charge in [0.05, 0.1) is 4.90 Å². The summed E-state index contributed by atoms with van der Waals surface area (Å²) in [6, 6.07) is 14.7. The van der Waals surface area contributed by atoms with Gasteiger partial charge in [-0.25, -0.2) is 13.2 Å². The van der Waals surface area contributed by atoms with Crippen molar-refractivity contribution in [3.05, 3.63) is 59.6 Å². The van der Waals surface area contributed by atoms with Crippen LogP contribution < -0.4 is 5.32 Å². The fourth-order valence-electron chi connectivity index (χ4n) is 2.95. The zero-order valence-electron chi connectivity index (χ0n) is 14.3. The van der Waals surface area contributed by atoms with Crippen LogP contribution in [0.15, 0.2) is 59.5 Å². The van der Waals surface area contributed by atoms with Gasteiger partial charge < -0.3 is 10.2 Å². The molecule has 2 amide bonds. The number of urea groups is 1. The van der Waals surface area contributed by atoms with Crippen LogP contribution in [-0.2, 0) is 10.0 Å². The third-order valence-electron chi connectivity index (χ3n) is 4.30. The van der Waals surface area contributed by atoms with Crippen molar-refractivity contribution in [3.8, 4) is 0 Å². The van der Waals surface area contributed by atoms with Gasteiger partial charge in [0.15, 0.2) is 0 Å². The first-order valence-corrected chi connectivity index (χ1v) is 10.1. The Morgan fingerprint density at radius 2 is 1.73 bits per heavy atom. The number of hydrogen-bond donors (Lipinski definition) is 1. The summed E-state index contributed by atoms with van der Waals surface area (Å²) in [5.74, 6) is 0. The van der Waals surface area contributed by atoms with E-state index in [0.29, 0.717) is 23.8 Å². The second-order valence-electron chi connectivity index (χ2n) is 6.16. The second kappa shape index (κ2) is 7.65. The van der Waals surface area contributed by atoms with Crippen molar-refractivity contribution in [2.45, 2.75) is 17.9 Å². The molecule has 2 aromatic carbocycles. The minimum Gasteiger partial charge on any atom is -0.322 e. The summed E-state index contributed by atoms with van der Waals surface area (Å²) in [4.78, 5) is 14.2. The van der Waals surface area contributed by atoms with Gasteiger partial charge in [-0.1, -0.05) is 29.8 Å². The third kappa shape index (κ3) is 4.00. The van der Waals surface area contributed by atoms with Crippen molar-refractivity contribution in [2.75, 3.05) is 25.0 Å². The molecule has 2 aromatic rings. The van der Waals surface area contributed by atoms with E-state index >= 15 is 0 Å². The van der Waals surface area contributed by atoms with E-state index in [1.54, 1.807) is 24.0 Å². The lowest BCUT2D eigenvalue weighted by Gasteiger charge is -2.38. The fourth-order valence-corrected chi connectivity index (χ4v) is 4.69. The van der Waals surface area contributed by atoms with Crippen LogP contribution in [-0.4, -0.2) is 49.3 Å². The molecule has 8 heteroatoms. The Balaban J connectivity index is 1.68. The summed E-state index contributed by atoms with van der Waals surface area (Å²) in [7, 11) is -3.62. The van der Waals surface area contributed by atoms with Crippen LogP contribution >= 0.6 is 11.6 Å². The molecule has 1 atom stereocenters. The molecule has 0 bridgehead atoms. The zero-order chi connectivity index (χ0) is 18.7. The van der Waals surface area contributed by atoms with Gasteiger partial charge in [0, 0.05) is 36.4 Å². The van der Waals surface area contributed by atoms with Gasteiger partial charge in [-0.15, -0.1) is 0 Å². The standard InChI is InChI=1S/C18H20ClN3O3S/c1-14-13-21(18(23)20-16-5-3-2-4-6-16)11-12-22(14)26(24,25)17-9-7-15(19)8-10-17/h2-10,14H,11-13H2,1H3,(H,20,23). The molecule has 0 aromatic heterocycles. The van der Waals surface area contributed by atoms with Gasteiger partial charge in [0.1, 0.15) is 0 Å². The molecule has 0 radical (unpaired) electrons. The predicted molar refractivity (Wildman–Crippen MR) is 102 cm³/mol. The maximum atomic E-state index is 12.8. The van der Waals surface area contributed by atoms with Crippen LogP contribution in [0.25, 0.3) is 0 Å². The number of amides is 2. The lowest BCUT2D eigenvalue weighted by atomic mass is 10.2. The first-order chi connectivity index (χ1) is 12.4. The number of para-hydroxylation sites is 1. The van der Waals surface area contributed by atoms with E-state index < -0.39 is 10.0 Å². The van der Waals surface area contributed by atoms with Crippen LogP contribution in [0.4, 0.5) is 10.5 Å². The number of hydrogen-bond acceptors (Lipinski definition) is 3. The summed E-state index contributed by atoms with van der Waals surface area (Å²) in [6.07, 6.45) is 0. The first-order valence-electron chi connectivity index (χ1n) is 8.26. The molecule has 1 aliphatic heterocycles. The van der Waals surface area contributed by atoms with Crippen molar-refractivity contribution < 1.29 is 13.2 Å². The molecule has 0 spiro atoms. The molecule has 6 nitrogen and oxygen atoms in total. The highest BCUT2D eigenvalue weighted by Gasteiger charge is 2.35. The molecule has 1 unspecified atom stereocenters. The minimum atomic E-state index is -3.62. The summed E-state index contributed by atoms with van der Waals surface area (Å²) in [5, 5.41) is 3.31. The van der Waals surface area contributed by atoms with E-state index in [4.69, 9.17) is 11.6 Å². The number of benzene rings is 2. The maximum Gasteiger partial charge on any atom is 0.321 e. The molecule has 0 aliphatic carbocycles. The van der Waals surface area contributed by atoms with Crippen molar-refractivity contribution in [1.29, 1.82) is 0 Å². The molecule has 3 rings (SSSR count). The Bertz CT molecular complexity index is 872. The molecule has 1 fully saturated rings. The zero-order valence-corrected chi connectivity index (χ0v) is 15.9. The number of rotatable bonds is 3. The summed E-state index contributed by atoms with van der Waals surface area (Å²) >= 11 is 5.84. The van der Waals surface area contributed by atoms with Gasteiger partial charge in [0.2, 0.25) is 10.0 Å². The number of halogens is 1. The van der Waals surface area contributed by atoms with E-state index in [0.717, 1.165) is 0 Å². The van der Waals surface area contributed by atoms with Crippen molar-refractivity contribution in [2.24, 2.45) is 0 Å². The molecular weight excluding hydrogens is 374 g/mol. The summed E-state index contributed by atoms with van der Waals surface area (Å²) < 4.78 is 27.1. The van der Waals surface area contributed by atoms with Crippen molar-refractivity contribution >= 4 is 33.3 Å². The number of carbonyl (C=O) groups excluding carboxylic acids is 1. The second-order valence-corrected chi connectivity index (χ2v) is 8.49. The number of carbonyl (C=O) groups is 1. The summed E-state index contributed by atoms with van der Waals surface area (Å²) in [5.41, 5.74) is 0.710. The Hall–Kier alpha value is -2.09. The molecule has 1 heterocycles. The average Bonchev–Trinajstić information content (AvgIpc) is 2.62. The molecule has 138 valence electrons.